The first kappa shape index (κ1) is 15.9. The number of nitrogens with one attached hydrogen (secondary N) is 1. The molecule has 1 amide bonds. The largest absolute Gasteiger partial charge is 1.00 e. The molecule has 2 aromatic rings. The van der Waals surface area contributed by atoms with E-state index in [9.17, 15) is 9.59 Å². The number of thiazole rings is 1. The van der Waals surface area contributed by atoms with Crippen LogP contribution in [0.4, 0.5) is 5.69 Å². The maximum absolute atomic E-state index is 12.0. The van der Waals surface area contributed by atoms with E-state index in [-0.39, 0.29) is 28.4 Å². The summed E-state index contributed by atoms with van der Waals surface area (Å²) in [6, 6.07) is 6.84. The van der Waals surface area contributed by atoms with Gasteiger partial charge in [0.15, 0.2) is 4.80 Å². The third kappa shape index (κ3) is 3.42. The van der Waals surface area contributed by atoms with Crippen LogP contribution in [0.15, 0.2) is 34.1 Å². The van der Waals surface area contributed by atoms with Gasteiger partial charge in [0.1, 0.15) is 4.53 Å². The summed E-state index contributed by atoms with van der Waals surface area (Å²) in [6.07, 6.45) is 1.30. The van der Waals surface area contributed by atoms with Crippen molar-refractivity contribution in [2.45, 2.75) is 6.54 Å². The first-order valence-electron chi connectivity index (χ1n) is 5.96. The molecule has 1 aromatic heterocycles. The summed E-state index contributed by atoms with van der Waals surface area (Å²) in [4.78, 5) is 28.7. The number of anilines is 1. The van der Waals surface area contributed by atoms with Crippen molar-refractivity contribution in [2.24, 2.45) is 4.99 Å². The van der Waals surface area contributed by atoms with E-state index in [4.69, 9.17) is 11.6 Å². The van der Waals surface area contributed by atoms with Gasteiger partial charge >= 0.3 is 0 Å². The first-order valence-corrected chi connectivity index (χ1v) is 7.15. The minimum absolute atomic E-state index is 0. The monoisotopic (exact) mass is 386 g/mol. The van der Waals surface area contributed by atoms with Gasteiger partial charge in [-0.25, -0.2) is 0 Å². The lowest BCUT2D eigenvalue weighted by molar-refractivity contribution is -0.110. The van der Waals surface area contributed by atoms with Gasteiger partial charge in [0.25, 0.3) is 5.56 Å². The molecule has 0 bridgehead atoms. The predicted molar refractivity (Wildman–Crippen MR) is 78.8 cm³/mol. The molecular weight excluding hydrogens is 378 g/mol. The van der Waals surface area contributed by atoms with E-state index in [2.05, 4.69) is 10.3 Å². The van der Waals surface area contributed by atoms with Gasteiger partial charge in [0, 0.05) is 23.3 Å². The molecule has 1 aliphatic rings. The third-order valence-electron chi connectivity index (χ3n) is 2.81. The van der Waals surface area contributed by atoms with Crippen LogP contribution in [0.5, 0.6) is 0 Å². The highest BCUT2D eigenvalue weighted by atomic mass is 79.9. The van der Waals surface area contributed by atoms with E-state index in [1.54, 1.807) is 28.8 Å². The summed E-state index contributed by atoms with van der Waals surface area (Å²) >= 11 is 7.07. The topological polar surface area (TPSA) is 63.5 Å². The Kier molecular flexibility index (Phi) is 4.97. The molecule has 1 aromatic carbocycles. The summed E-state index contributed by atoms with van der Waals surface area (Å²) in [7, 11) is 0. The van der Waals surface area contributed by atoms with Crippen molar-refractivity contribution in [3.63, 3.8) is 0 Å². The first-order chi connectivity index (χ1) is 9.63. The van der Waals surface area contributed by atoms with Gasteiger partial charge in [-0.05, 0) is 18.2 Å². The summed E-state index contributed by atoms with van der Waals surface area (Å²) in [5.74, 6) is -0.357. The van der Waals surface area contributed by atoms with E-state index >= 15 is 0 Å². The van der Waals surface area contributed by atoms with Crippen LogP contribution in [0.3, 0.4) is 0 Å². The van der Waals surface area contributed by atoms with Crippen LogP contribution in [0.1, 0.15) is 0 Å². The summed E-state index contributed by atoms with van der Waals surface area (Å²) in [6.45, 7) is 1.23. The van der Waals surface area contributed by atoms with Crippen molar-refractivity contribution >= 4 is 40.6 Å². The molecule has 0 atom stereocenters. The summed E-state index contributed by atoms with van der Waals surface area (Å²) < 4.78 is 1.98. The molecule has 0 unspecified atom stereocenters. The second-order valence-electron chi connectivity index (χ2n) is 4.23. The Bertz CT molecular complexity index is 859. The van der Waals surface area contributed by atoms with Crippen molar-refractivity contribution < 1.29 is 21.8 Å². The molecular formula is C13H10BrClN3O2S-. The van der Waals surface area contributed by atoms with Gasteiger partial charge in [0.2, 0.25) is 5.91 Å². The Balaban J connectivity index is 0.00000161. The molecule has 5 nitrogen and oxygen atoms in total. The zero-order valence-electron chi connectivity index (χ0n) is 10.7. The normalized spacial score (nSPS) is 13.3. The number of amides is 1. The summed E-state index contributed by atoms with van der Waals surface area (Å²) in [5, 5.41) is 3.21. The van der Waals surface area contributed by atoms with Crippen LogP contribution in [-0.2, 0) is 11.3 Å². The number of nitrogens with zero attached hydrogens (tertiary/aromatic N) is 2. The van der Waals surface area contributed by atoms with Crippen LogP contribution >= 0.6 is 22.9 Å². The van der Waals surface area contributed by atoms with Crippen LogP contribution in [0, 0.1) is 0 Å². The molecule has 0 saturated heterocycles. The van der Waals surface area contributed by atoms with E-state index in [1.807, 2.05) is 0 Å². The second-order valence-corrected chi connectivity index (χ2v) is 5.68. The zero-order valence-corrected chi connectivity index (χ0v) is 13.8. The molecule has 1 N–H and O–H groups in total. The average molecular weight is 388 g/mol. The minimum atomic E-state index is -0.357. The van der Waals surface area contributed by atoms with Crippen LogP contribution in [-0.4, -0.2) is 17.0 Å². The van der Waals surface area contributed by atoms with Crippen molar-refractivity contribution in [3.8, 4) is 0 Å². The standard InChI is InChI=1S/C13H10ClN3O2S.BrH/c14-8-2-1-3-9(6-8)16-11(18)7-10-12(19)17-5-4-15-13(17)20-10;/h1-3,6-7H,4-5H2,(H,16,18);1H/p-1/b10-7-;. The Morgan fingerprint density at radius 3 is 3.00 bits per heavy atom. The number of rotatable bonds is 2. The molecule has 0 spiro atoms. The smallest absolute Gasteiger partial charge is 0.270 e. The van der Waals surface area contributed by atoms with E-state index < -0.39 is 0 Å². The molecule has 21 heavy (non-hydrogen) atoms. The lowest BCUT2D eigenvalue weighted by Crippen LogP contribution is -3.00. The number of halogens is 2. The van der Waals surface area contributed by atoms with E-state index in [1.165, 1.54) is 17.4 Å². The maximum Gasteiger partial charge on any atom is 0.270 e. The fraction of sp³-hybridized carbons (Fsp3) is 0.154. The number of hydrogen-bond donors (Lipinski definition) is 1. The number of aromatic nitrogens is 1. The highest BCUT2D eigenvalue weighted by Gasteiger charge is 2.10. The quantitative estimate of drug-likeness (QED) is 0.626. The van der Waals surface area contributed by atoms with E-state index in [0.717, 1.165) is 0 Å². The van der Waals surface area contributed by atoms with Gasteiger partial charge in [-0.3, -0.25) is 19.1 Å². The zero-order chi connectivity index (χ0) is 14.1. The minimum Gasteiger partial charge on any atom is -1.00 e. The third-order valence-corrected chi connectivity index (χ3v) is 4.09. The van der Waals surface area contributed by atoms with Crippen molar-refractivity contribution in [1.29, 1.82) is 0 Å². The molecule has 8 heteroatoms. The average Bonchev–Trinajstić information content (AvgIpc) is 2.94. The lowest BCUT2D eigenvalue weighted by atomic mass is 10.3. The van der Waals surface area contributed by atoms with Crippen LogP contribution in [0.2, 0.25) is 5.02 Å². The van der Waals surface area contributed by atoms with E-state index in [0.29, 0.717) is 33.1 Å². The fourth-order valence-corrected chi connectivity index (χ4v) is 3.12. The van der Waals surface area contributed by atoms with Crippen molar-refractivity contribution in [1.82, 2.24) is 4.57 Å². The fourth-order valence-electron chi connectivity index (χ4n) is 1.93. The van der Waals surface area contributed by atoms with Crippen molar-refractivity contribution in [3.05, 3.63) is 49.0 Å². The number of benzene rings is 1. The highest BCUT2D eigenvalue weighted by Crippen LogP contribution is 2.14. The van der Waals surface area contributed by atoms with Gasteiger partial charge in [0.05, 0.1) is 6.54 Å². The SMILES string of the molecule is O=C(/C=c1\sc2n(c1=O)CCN=2)Nc1cccc(Cl)c1.[Br-]. The Labute approximate surface area is 139 Å². The maximum atomic E-state index is 12.0. The van der Waals surface area contributed by atoms with Gasteiger partial charge in [-0.1, -0.05) is 29.0 Å². The number of carbonyl (C=O) groups excluding carboxylic acids is 1. The Hall–Kier alpha value is -1.44. The van der Waals surface area contributed by atoms with Crippen LogP contribution in [0.25, 0.3) is 6.08 Å². The molecule has 0 saturated carbocycles. The van der Waals surface area contributed by atoms with Gasteiger partial charge in [-0.15, -0.1) is 0 Å². The van der Waals surface area contributed by atoms with Crippen LogP contribution < -0.4 is 37.2 Å². The molecule has 0 aliphatic carbocycles. The number of fused-ring (bicyclic) bond motifs is 1. The molecule has 0 fully saturated rings. The molecule has 2 heterocycles. The molecule has 0 radical (unpaired) electrons. The van der Waals surface area contributed by atoms with Gasteiger partial charge in [-0.2, -0.15) is 0 Å². The highest BCUT2D eigenvalue weighted by molar-refractivity contribution is 7.07. The molecule has 3 rings (SSSR count). The molecule has 1 aliphatic heterocycles. The van der Waals surface area contributed by atoms with Gasteiger partial charge < -0.3 is 22.3 Å². The number of hydrogen-bond acceptors (Lipinski definition) is 4. The molecule has 110 valence electrons. The Morgan fingerprint density at radius 1 is 1.48 bits per heavy atom. The second kappa shape index (κ2) is 6.55. The lowest BCUT2D eigenvalue weighted by Gasteiger charge is -2.01. The van der Waals surface area contributed by atoms with Crippen molar-refractivity contribution in [2.75, 3.05) is 11.9 Å². The Morgan fingerprint density at radius 2 is 2.29 bits per heavy atom. The summed E-state index contributed by atoms with van der Waals surface area (Å²) in [5.41, 5.74) is 0.431. The number of carbonyl (C=O) groups is 1. The predicted octanol–water partition coefficient (Wildman–Crippen LogP) is -2.38.